The van der Waals surface area contributed by atoms with Gasteiger partial charge in [-0.1, -0.05) is 71.4 Å². The molecule has 10 heteroatoms. The fraction of sp³-hybridized carbons (Fsp3) is 0.412. The molecular formula is C34H37ClN4O5. The maximum absolute atomic E-state index is 13.8. The van der Waals surface area contributed by atoms with Crippen LogP contribution in [0, 0.1) is 11.3 Å². The van der Waals surface area contributed by atoms with Crippen LogP contribution < -0.4 is 10.6 Å². The average molecular weight is 617 g/mol. The van der Waals surface area contributed by atoms with Gasteiger partial charge in [0.05, 0.1) is 10.4 Å². The number of carbonyl (C=O) groups is 3. The Balaban J connectivity index is 1.22. The van der Waals surface area contributed by atoms with Gasteiger partial charge < -0.3 is 24.8 Å². The monoisotopic (exact) mass is 616 g/mol. The molecule has 0 bridgehead atoms. The number of allylic oxidation sites excluding steroid dienone is 2. The number of likely N-dealkylation sites (tertiary alicyclic amines) is 1. The highest BCUT2D eigenvalue weighted by atomic mass is 35.5. The number of halogens is 1. The second-order valence-electron chi connectivity index (χ2n) is 12.0. The van der Waals surface area contributed by atoms with E-state index in [4.69, 9.17) is 20.9 Å². The minimum Gasteiger partial charge on any atom is -0.381 e. The van der Waals surface area contributed by atoms with E-state index in [2.05, 4.69) is 27.9 Å². The third-order valence-electron chi connectivity index (χ3n) is 9.17. The Kier molecular flexibility index (Phi) is 9.14. The molecule has 3 aliphatic heterocycles. The Hall–Kier alpha value is -3.95. The molecule has 3 amide bonds. The summed E-state index contributed by atoms with van der Waals surface area (Å²) in [7, 11) is 0. The summed E-state index contributed by atoms with van der Waals surface area (Å²) in [6.07, 6.45) is 7.60. The van der Waals surface area contributed by atoms with Crippen molar-refractivity contribution >= 4 is 29.3 Å². The van der Waals surface area contributed by atoms with E-state index < -0.39 is 11.5 Å². The molecule has 2 N–H and O–H groups in total. The van der Waals surface area contributed by atoms with Crippen LogP contribution >= 0.6 is 11.6 Å². The van der Waals surface area contributed by atoms with E-state index in [1.165, 1.54) is 0 Å². The van der Waals surface area contributed by atoms with Crippen molar-refractivity contribution in [1.29, 1.82) is 0 Å². The van der Waals surface area contributed by atoms with Gasteiger partial charge in [-0.05, 0) is 49.8 Å². The Labute approximate surface area is 261 Å². The first-order chi connectivity index (χ1) is 21.4. The number of rotatable bonds is 4. The van der Waals surface area contributed by atoms with E-state index in [1.807, 2.05) is 48.5 Å². The number of piperidine rings is 1. The van der Waals surface area contributed by atoms with Crippen molar-refractivity contribution in [2.45, 2.75) is 50.6 Å². The lowest BCUT2D eigenvalue weighted by Crippen LogP contribution is -2.58. The SMILES string of the molecule is O=C1N[C@H]2CCN(C(=O)c3cc(-c4ccccc4Cl)on3)C[C@H]2C/C=C/CC2(CCOCC2)C(=O)N[C@@H]1Cc1ccccc1. The first kappa shape index (κ1) is 30.1. The summed E-state index contributed by atoms with van der Waals surface area (Å²) in [6.45, 7) is 1.94. The molecule has 9 nitrogen and oxygen atoms in total. The lowest BCUT2D eigenvalue weighted by Gasteiger charge is -2.40. The second kappa shape index (κ2) is 13.4. The van der Waals surface area contributed by atoms with Crippen molar-refractivity contribution in [3.8, 4) is 11.3 Å². The minimum atomic E-state index is -0.716. The summed E-state index contributed by atoms with van der Waals surface area (Å²) < 4.78 is 11.1. The number of amides is 3. The highest BCUT2D eigenvalue weighted by Crippen LogP contribution is 2.36. The summed E-state index contributed by atoms with van der Waals surface area (Å²) in [5.41, 5.74) is 1.25. The lowest BCUT2D eigenvalue weighted by atomic mass is 9.75. The molecule has 4 heterocycles. The maximum Gasteiger partial charge on any atom is 0.276 e. The number of hydrogen-bond acceptors (Lipinski definition) is 6. The van der Waals surface area contributed by atoms with Gasteiger partial charge in [-0.2, -0.15) is 0 Å². The van der Waals surface area contributed by atoms with Gasteiger partial charge in [-0.3, -0.25) is 14.4 Å². The van der Waals surface area contributed by atoms with Gasteiger partial charge in [0, 0.05) is 56.3 Å². The quantitative estimate of drug-likeness (QED) is 0.407. The predicted octanol–water partition coefficient (Wildman–Crippen LogP) is 4.82. The van der Waals surface area contributed by atoms with Gasteiger partial charge in [-0.15, -0.1) is 0 Å². The van der Waals surface area contributed by atoms with Crippen molar-refractivity contribution in [2.75, 3.05) is 26.3 Å². The number of nitrogens with one attached hydrogen (secondary N) is 2. The van der Waals surface area contributed by atoms with Crippen molar-refractivity contribution in [3.63, 3.8) is 0 Å². The standard InChI is InChI=1S/C34H37ClN4O5/c35-26-12-5-4-11-25(26)30-21-29(38-44-30)32(41)39-17-13-27-24(22-39)10-6-7-14-34(15-18-43-19-16-34)33(42)37-28(31(40)36-27)20-23-8-2-1-3-9-23/h1-9,11-12,21,24,27-28H,10,13-20,22H2,(H,36,40)(H,37,42)/b7-6+/t24-,27+,28-/m1/s1. The Morgan fingerprint density at radius 2 is 1.80 bits per heavy atom. The first-order valence-corrected chi connectivity index (χ1v) is 15.7. The third kappa shape index (κ3) is 6.59. The molecule has 3 aliphatic rings. The number of nitrogens with zero attached hydrogens (tertiary/aromatic N) is 2. The molecule has 0 aliphatic carbocycles. The van der Waals surface area contributed by atoms with Crippen molar-refractivity contribution in [3.05, 3.63) is 89.1 Å². The molecule has 1 spiro atoms. The number of hydrogen-bond donors (Lipinski definition) is 2. The van der Waals surface area contributed by atoms with E-state index in [1.54, 1.807) is 17.0 Å². The number of carbonyl (C=O) groups excluding carboxylic acids is 3. The summed E-state index contributed by atoms with van der Waals surface area (Å²) in [5.74, 6) is -0.0978. The molecule has 1 aromatic heterocycles. The summed E-state index contributed by atoms with van der Waals surface area (Å²) >= 11 is 6.32. The van der Waals surface area contributed by atoms with Gasteiger partial charge in [-0.25, -0.2) is 0 Å². The molecule has 0 saturated carbocycles. The normalized spacial score (nSPS) is 24.8. The van der Waals surface area contributed by atoms with E-state index in [0.717, 1.165) is 5.56 Å². The molecule has 3 atom stereocenters. The van der Waals surface area contributed by atoms with Crippen LogP contribution in [0.15, 0.2) is 77.3 Å². The molecule has 230 valence electrons. The first-order valence-electron chi connectivity index (χ1n) is 15.3. The Morgan fingerprint density at radius 1 is 1.02 bits per heavy atom. The Morgan fingerprint density at radius 3 is 2.59 bits per heavy atom. The van der Waals surface area contributed by atoms with Gasteiger partial charge in [0.15, 0.2) is 11.5 Å². The predicted molar refractivity (Wildman–Crippen MR) is 166 cm³/mol. The zero-order valence-corrected chi connectivity index (χ0v) is 25.3. The molecule has 2 fully saturated rings. The number of aromatic nitrogens is 1. The van der Waals surface area contributed by atoms with E-state index >= 15 is 0 Å². The van der Waals surface area contributed by atoms with Crippen LogP contribution in [0.5, 0.6) is 0 Å². The fourth-order valence-corrected chi connectivity index (χ4v) is 6.72. The summed E-state index contributed by atoms with van der Waals surface area (Å²) in [6, 6.07) is 17.8. The van der Waals surface area contributed by atoms with Crippen LogP contribution in [-0.2, 0) is 20.7 Å². The molecular weight excluding hydrogens is 580 g/mol. The van der Waals surface area contributed by atoms with Crippen LogP contribution in [-0.4, -0.2) is 66.2 Å². The largest absolute Gasteiger partial charge is 0.381 e. The van der Waals surface area contributed by atoms with Gasteiger partial charge in [0.1, 0.15) is 6.04 Å². The number of fused-ring (bicyclic) bond motifs is 1. The smallest absolute Gasteiger partial charge is 0.276 e. The fourth-order valence-electron chi connectivity index (χ4n) is 6.49. The zero-order valence-electron chi connectivity index (χ0n) is 24.5. The van der Waals surface area contributed by atoms with E-state index in [9.17, 15) is 14.4 Å². The van der Waals surface area contributed by atoms with E-state index in [0.29, 0.717) is 81.2 Å². The van der Waals surface area contributed by atoms with Gasteiger partial charge in [0.2, 0.25) is 11.8 Å². The zero-order chi connectivity index (χ0) is 30.5. The topological polar surface area (TPSA) is 114 Å². The third-order valence-corrected chi connectivity index (χ3v) is 9.50. The average Bonchev–Trinajstić information content (AvgIpc) is 3.54. The molecule has 0 radical (unpaired) electrons. The second-order valence-corrected chi connectivity index (χ2v) is 12.4. The van der Waals surface area contributed by atoms with Crippen molar-refractivity contribution in [1.82, 2.24) is 20.7 Å². The van der Waals surface area contributed by atoms with Crippen LogP contribution in [0.25, 0.3) is 11.3 Å². The molecule has 2 aromatic carbocycles. The van der Waals surface area contributed by atoms with Crippen LogP contribution in [0.4, 0.5) is 0 Å². The summed E-state index contributed by atoms with van der Waals surface area (Å²) in [4.78, 5) is 42.9. The van der Waals surface area contributed by atoms with Crippen molar-refractivity contribution in [2.24, 2.45) is 11.3 Å². The minimum absolute atomic E-state index is 0.0130. The molecule has 6 rings (SSSR count). The Bertz CT molecular complexity index is 1520. The van der Waals surface area contributed by atoms with Crippen LogP contribution in [0.3, 0.4) is 0 Å². The van der Waals surface area contributed by atoms with Crippen LogP contribution in [0.1, 0.15) is 48.2 Å². The molecule has 0 unspecified atom stereocenters. The maximum atomic E-state index is 13.8. The van der Waals surface area contributed by atoms with Gasteiger partial charge >= 0.3 is 0 Å². The van der Waals surface area contributed by atoms with Crippen LogP contribution in [0.2, 0.25) is 5.02 Å². The number of ether oxygens (including phenoxy) is 1. The number of benzene rings is 2. The van der Waals surface area contributed by atoms with Crippen molar-refractivity contribution < 1.29 is 23.6 Å². The lowest BCUT2D eigenvalue weighted by molar-refractivity contribution is -0.140. The molecule has 3 aromatic rings. The summed E-state index contributed by atoms with van der Waals surface area (Å²) in [5, 5.41) is 10.9. The molecule has 2 saturated heterocycles. The van der Waals surface area contributed by atoms with Gasteiger partial charge in [0.25, 0.3) is 5.91 Å². The highest BCUT2D eigenvalue weighted by molar-refractivity contribution is 6.33. The van der Waals surface area contributed by atoms with E-state index in [-0.39, 0.29) is 35.4 Å². The highest BCUT2D eigenvalue weighted by Gasteiger charge is 2.42. The molecule has 44 heavy (non-hydrogen) atoms.